The number of hydrogen-bond acceptors (Lipinski definition) is 5. The molecule has 1 heterocycles. The second-order valence-corrected chi connectivity index (χ2v) is 6.65. The Hall–Kier alpha value is -2.94. The van der Waals surface area contributed by atoms with Crippen molar-refractivity contribution in [3.8, 4) is 17.1 Å². The topological polar surface area (TPSA) is 69.0 Å². The van der Waals surface area contributed by atoms with Crippen LogP contribution >= 0.6 is 11.8 Å². The van der Waals surface area contributed by atoms with Crippen molar-refractivity contribution in [1.82, 2.24) is 14.8 Å². The summed E-state index contributed by atoms with van der Waals surface area (Å²) in [6.45, 7) is 2.54. The van der Waals surface area contributed by atoms with Crippen LogP contribution in [0.2, 0.25) is 0 Å². The molecule has 1 aromatic heterocycles. The standard InChI is InChI=1S/C19H18F2N4O2S/c1-3-25-18(12-7-9-13(27-2)10-8-12)23-24-19(25)28-11-16(26)22-17-14(20)5-4-6-15(17)21/h4-10H,3,11H2,1-2H3,(H,22,26). The molecule has 0 aliphatic heterocycles. The van der Waals surface area contributed by atoms with Gasteiger partial charge in [0.1, 0.15) is 23.1 Å². The molecule has 1 N–H and O–H groups in total. The van der Waals surface area contributed by atoms with Gasteiger partial charge in [0.2, 0.25) is 5.91 Å². The molecule has 3 aromatic rings. The summed E-state index contributed by atoms with van der Waals surface area (Å²) in [4.78, 5) is 12.1. The minimum Gasteiger partial charge on any atom is -0.497 e. The van der Waals surface area contributed by atoms with Gasteiger partial charge in [-0.05, 0) is 43.3 Å². The van der Waals surface area contributed by atoms with Crippen LogP contribution in [-0.4, -0.2) is 33.5 Å². The summed E-state index contributed by atoms with van der Waals surface area (Å²) in [6, 6.07) is 10.8. The van der Waals surface area contributed by atoms with Gasteiger partial charge in [-0.25, -0.2) is 8.78 Å². The molecule has 0 unspecified atom stereocenters. The summed E-state index contributed by atoms with van der Waals surface area (Å²) in [7, 11) is 1.59. The molecule has 6 nitrogen and oxygen atoms in total. The fourth-order valence-electron chi connectivity index (χ4n) is 2.56. The van der Waals surface area contributed by atoms with Crippen LogP contribution in [0.25, 0.3) is 11.4 Å². The number of thioether (sulfide) groups is 1. The van der Waals surface area contributed by atoms with Gasteiger partial charge in [0.25, 0.3) is 0 Å². The summed E-state index contributed by atoms with van der Waals surface area (Å²) in [6.07, 6.45) is 0. The molecule has 0 aliphatic rings. The molecule has 146 valence electrons. The van der Waals surface area contributed by atoms with Gasteiger partial charge in [0, 0.05) is 12.1 Å². The first kappa shape index (κ1) is 19.8. The second kappa shape index (κ2) is 8.83. The first-order chi connectivity index (χ1) is 13.5. The number of rotatable bonds is 7. The average molecular weight is 404 g/mol. The van der Waals surface area contributed by atoms with Gasteiger partial charge in [0.05, 0.1) is 12.9 Å². The third kappa shape index (κ3) is 4.30. The van der Waals surface area contributed by atoms with E-state index in [1.54, 1.807) is 7.11 Å². The normalized spacial score (nSPS) is 10.7. The maximum absolute atomic E-state index is 13.6. The van der Waals surface area contributed by atoms with Gasteiger partial charge in [-0.15, -0.1) is 10.2 Å². The van der Waals surface area contributed by atoms with E-state index in [1.807, 2.05) is 35.8 Å². The van der Waals surface area contributed by atoms with Crippen LogP contribution in [0.3, 0.4) is 0 Å². The molecule has 0 aliphatic carbocycles. The summed E-state index contributed by atoms with van der Waals surface area (Å²) < 4.78 is 34.3. The fourth-order valence-corrected chi connectivity index (χ4v) is 3.36. The van der Waals surface area contributed by atoms with Crippen molar-refractivity contribution in [1.29, 1.82) is 0 Å². The quantitative estimate of drug-likeness (QED) is 0.603. The molecule has 2 aromatic carbocycles. The highest BCUT2D eigenvalue weighted by Gasteiger charge is 2.16. The van der Waals surface area contributed by atoms with Crippen molar-refractivity contribution in [3.05, 3.63) is 54.1 Å². The van der Waals surface area contributed by atoms with Crippen molar-refractivity contribution in [2.45, 2.75) is 18.6 Å². The molecule has 3 rings (SSSR count). The van der Waals surface area contributed by atoms with Crippen LogP contribution in [-0.2, 0) is 11.3 Å². The molecular weight excluding hydrogens is 386 g/mol. The number of carbonyl (C=O) groups excluding carboxylic acids is 1. The van der Waals surface area contributed by atoms with Crippen LogP contribution in [0.4, 0.5) is 14.5 Å². The summed E-state index contributed by atoms with van der Waals surface area (Å²) >= 11 is 1.14. The minimum absolute atomic E-state index is 0.0610. The number of nitrogens with one attached hydrogen (secondary N) is 1. The van der Waals surface area contributed by atoms with Crippen LogP contribution in [0, 0.1) is 11.6 Å². The van der Waals surface area contributed by atoms with Crippen molar-refractivity contribution in [2.24, 2.45) is 0 Å². The molecule has 28 heavy (non-hydrogen) atoms. The zero-order valence-corrected chi connectivity index (χ0v) is 16.1. The Morgan fingerprint density at radius 3 is 2.43 bits per heavy atom. The molecule has 0 fully saturated rings. The number of amides is 1. The molecular formula is C19H18F2N4O2S. The van der Waals surface area contributed by atoms with Crippen LogP contribution in [0.1, 0.15) is 6.92 Å². The molecule has 9 heteroatoms. The Balaban J connectivity index is 1.71. The van der Waals surface area contributed by atoms with E-state index in [4.69, 9.17) is 4.74 Å². The number of carbonyl (C=O) groups is 1. The third-order valence-corrected chi connectivity index (χ3v) is 4.91. The van der Waals surface area contributed by atoms with Crippen LogP contribution < -0.4 is 10.1 Å². The fraction of sp³-hybridized carbons (Fsp3) is 0.211. The number of para-hydroxylation sites is 1. The monoisotopic (exact) mass is 404 g/mol. The third-order valence-electron chi connectivity index (χ3n) is 3.94. The van der Waals surface area contributed by atoms with Gasteiger partial charge < -0.3 is 14.6 Å². The number of aromatic nitrogens is 3. The zero-order chi connectivity index (χ0) is 20.1. The Labute approximate surface area is 164 Å². The lowest BCUT2D eigenvalue weighted by Crippen LogP contribution is -2.16. The molecule has 0 radical (unpaired) electrons. The van der Waals surface area contributed by atoms with E-state index in [2.05, 4.69) is 15.5 Å². The molecule has 0 saturated carbocycles. The van der Waals surface area contributed by atoms with Crippen molar-refractivity contribution in [2.75, 3.05) is 18.2 Å². The summed E-state index contributed by atoms with van der Waals surface area (Å²) in [5.41, 5.74) is 0.406. The van der Waals surface area contributed by atoms with E-state index in [9.17, 15) is 13.6 Å². The van der Waals surface area contributed by atoms with Crippen molar-refractivity contribution < 1.29 is 18.3 Å². The number of ether oxygens (including phenoxy) is 1. The van der Waals surface area contributed by atoms with E-state index in [-0.39, 0.29) is 5.75 Å². The van der Waals surface area contributed by atoms with Gasteiger partial charge in [-0.3, -0.25) is 4.79 Å². The molecule has 0 bridgehead atoms. The SMILES string of the molecule is CCn1c(SCC(=O)Nc2c(F)cccc2F)nnc1-c1ccc(OC)cc1. The lowest BCUT2D eigenvalue weighted by Gasteiger charge is -2.09. The summed E-state index contributed by atoms with van der Waals surface area (Å²) in [5.74, 6) is -0.848. The molecule has 0 spiro atoms. The predicted molar refractivity (Wildman–Crippen MR) is 103 cm³/mol. The van der Waals surface area contributed by atoms with E-state index in [0.29, 0.717) is 17.5 Å². The Morgan fingerprint density at radius 2 is 1.82 bits per heavy atom. The summed E-state index contributed by atoms with van der Waals surface area (Å²) in [5, 5.41) is 11.1. The largest absolute Gasteiger partial charge is 0.497 e. The minimum atomic E-state index is -0.822. The highest BCUT2D eigenvalue weighted by Crippen LogP contribution is 2.26. The Morgan fingerprint density at radius 1 is 1.14 bits per heavy atom. The molecule has 0 atom stereocenters. The van der Waals surface area contributed by atoms with E-state index in [0.717, 1.165) is 35.2 Å². The van der Waals surface area contributed by atoms with Crippen LogP contribution in [0.5, 0.6) is 5.75 Å². The number of halogens is 2. The van der Waals surface area contributed by atoms with Crippen molar-refractivity contribution >= 4 is 23.4 Å². The van der Waals surface area contributed by atoms with Crippen molar-refractivity contribution in [3.63, 3.8) is 0 Å². The lowest BCUT2D eigenvalue weighted by molar-refractivity contribution is -0.113. The second-order valence-electron chi connectivity index (χ2n) is 5.71. The number of nitrogens with zero attached hydrogens (tertiary/aromatic N) is 3. The van der Waals surface area contributed by atoms with Gasteiger partial charge in [-0.2, -0.15) is 0 Å². The highest BCUT2D eigenvalue weighted by atomic mass is 32.2. The number of benzene rings is 2. The number of anilines is 1. The van der Waals surface area contributed by atoms with E-state index >= 15 is 0 Å². The Bertz CT molecular complexity index is 956. The van der Waals surface area contributed by atoms with Crippen LogP contribution in [0.15, 0.2) is 47.6 Å². The van der Waals surface area contributed by atoms with Gasteiger partial charge in [-0.1, -0.05) is 17.8 Å². The van der Waals surface area contributed by atoms with Gasteiger partial charge >= 0.3 is 0 Å². The molecule has 0 saturated heterocycles. The first-order valence-corrected chi connectivity index (χ1v) is 9.46. The maximum atomic E-state index is 13.6. The first-order valence-electron chi connectivity index (χ1n) is 8.47. The zero-order valence-electron chi connectivity index (χ0n) is 15.3. The molecule has 1 amide bonds. The number of hydrogen-bond donors (Lipinski definition) is 1. The van der Waals surface area contributed by atoms with E-state index in [1.165, 1.54) is 6.07 Å². The van der Waals surface area contributed by atoms with Gasteiger partial charge in [0.15, 0.2) is 11.0 Å². The smallest absolute Gasteiger partial charge is 0.235 e. The highest BCUT2D eigenvalue weighted by molar-refractivity contribution is 7.99. The Kier molecular flexibility index (Phi) is 6.25. The number of methoxy groups -OCH3 is 1. The predicted octanol–water partition coefficient (Wildman–Crippen LogP) is 3.98. The average Bonchev–Trinajstić information content (AvgIpc) is 3.12. The maximum Gasteiger partial charge on any atom is 0.235 e. The van der Waals surface area contributed by atoms with E-state index < -0.39 is 23.2 Å². The lowest BCUT2D eigenvalue weighted by atomic mass is 10.2.